The first-order valence-corrected chi connectivity index (χ1v) is 11.1. The van der Waals surface area contributed by atoms with E-state index in [4.69, 9.17) is 4.42 Å². The number of carbonyl (C=O) groups excluding carboxylic acids is 1. The molecule has 3 aromatic heterocycles. The number of furan rings is 1. The van der Waals surface area contributed by atoms with Crippen LogP contribution < -0.4 is 5.32 Å². The molecule has 0 saturated carbocycles. The van der Waals surface area contributed by atoms with Gasteiger partial charge in [-0.25, -0.2) is 4.98 Å². The van der Waals surface area contributed by atoms with Gasteiger partial charge in [0.05, 0.1) is 36.1 Å². The molecule has 0 aliphatic rings. The van der Waals surface area contributed by atoms with E-state index in [0.717, 1.165) is 22.4 Å². The van der Waals surface area contributed by atoms with Crippen LogP contribution in [0, 0.1) is 0 Å². The van der Waals surface area contributed by atoms with Gasteiger partial charge in [0, 0.05) is 0 Å². The number of nitrogens with zero attached hydrogens (tertiary/aromatic N) is 4. The number of benzene rings is 2. The topological polar surface area (TPSA) is 102 Å². The summed E-state index contributed by atoms with van der Waals surface area (Å²) in [7, 11) is 0. The highest BCUT2D eigenvalue weighted by molar-refractivity contribution is 7.99. The highest BCUT2D eigenvalue weighted by Gasteiger charge is 2.18. The molecule has 0 spiro atoms. The lowest BCUT2D eigenvalue weighted by atomic mass is 10.2. The first-order valence-electron chi connectivity index (χ1n) is 10.1. The van der Waals surface area contributed by atoms with Crippen LogP contribution in [0.3, 0.4) is 0 Å². The van der Waals surface area contributed by atoms with Crippen LogP contribution in [0.1, 0.15) is 11.4 Å². The van der Waals surface area contributed by atoms with Crippen molar-refractivity contribution in [2.24, 2.45) is 0 Å². The number of H-pyrrole nitrogens is 1. The minimum absolute atomic E-state index is 0.107. The fraction of sp³-hybridized carbons (Fsp3) is 0.130. The smallest absolute Gasteiger partial charge is 0.230 e. The molecule has 0 saturated heterocycles. The maximum atomic E-state index is 12.5. The van der Waals surface area contributed by atoms with E-state index in [1.165, 1.54) is 11.8 Å². The van der Waals surface area contributed by atoms with E-state index in [9.17, 15) is 4.79 Å². The normalized spacial score (nSPS) is 11.1. The standard InChI is InChI=1S/C23H20N6O2S/c30-21(24-13-20-25-17-9-4-5-10-18(17)26-20)15-32-23-28-27-22(19-11-6-12-31-19)29(23)14-16-7-2-1-3-8-16/h1-12H,13-15H2,(H,24,30)(H,25,26). The van der Waals surface area contributed by atoms with E-state index in [1.807, 2.05) is 71.3 Å². The largest absolute Gasteiger partial charge is 0.461 e. The molecule has 0 unspecified atom stereocenters. The van der Waals surface area contributed by atoms with Crippen LogP contribution in [0.2, 0.25) is 0 Å². The van der Waals surface area contributed by atoms with Gasteiger partial charge in [0.25, 0.3) is 0 Å². The average Bonchev–Trinajstić information content (AvgIpc) is 3.56. The zero-order valence-electron chi connectivity index (χ0n) is 17.1. The van der Waals surface area contributed by atoms with E-state index < -0.39 is 0 Å². The lowest BCUT2D eigenvalue weighted by molar-refractivity contribution is -0.118. The molecule has 0 bridgehead atoms. The minimum Gasteiger partial charge on any atom is -0.461 e. The Morgan fingerprint density at radius 1 is 1.03 bits per heavy atom. The van der Waals surface area contributed by atoms with Gasteiger partial charge in [-0.05, 0) is 29.8 Å². The molecule has 160 valence electrons. The molecule has 3 heterocycles. The number of rotatable bonds is 8. The quantitative estimate of drug-likeness (QED) is 0.352. The highest BCUT2D eigenvalue weighted by atomic mass is 32.2. The van der Waals surface area contributed by atoms with Crippen molar-refractivity contribution in [3.63, 3.8) is 0 Å². The number of amides is 1. The number of imidazole rings is 1. The summed E-state index contributed by atoms with van der Waals surface area (Å²) in [5.41, 5.74) is 2.94. The summed E-state index contributed by atoms with van der Waals surface area (Å²) in [6.45, 7) is 0.912. The maximum Gasteiger partial charge on any atom is 0.230 e. The van der Waals surface area contributed by atoms with Crippen LogP contribution in [0.4, 0.5) is 0 Å². The zero-order valence-corrected chi connectivity index (χ0v) is 17.9. The van der Waals surface area contributed by atoms with E-state index in [-0.39, 0.29) is 11.7 Å². The maximum absolute atomic E-state index is 12.5. The van der Waals surface area contributed by atoms with E-state index in [0.29, 0.717) is 29.8 Å². The van der Waals surface area contributed by atoms with Gasteiger partial charge in [-0.15, -0.1) is 10.2 Å². The first kappa shape index (κ1) is 20.1. The summed E-state index contributed by atoms with van der Waals surface area (Å²) in [6.07, 6.45) is 1.61. The zero-order chi connectivity index (χ0) is 21.8. The molecule has 0 aliphatic carbocycles. The summed E-state index contributed by atoms with van der Waals surface area (Å²) >= 11 is 1.34. The molecule has 9 heteroatoms. The van der Waals surface area contributed by atoms with Crippen molar-refractivity contribution in [3.05, 3.63) is 84.4 Å². The lowest BCUT2D eigenvalue weighted by Crippen LogP contribution is -2.25. The number of thioether (sulfide) groups is 1. The molecule has 2 aromatic carbocycles. The fourth-order valence-corrected chi connectivity index (χ4v) is 4.11. The van der Waals surface area contributed by atoms with Gasteiger partial charge < -0.3 is 14.7 Å². The number of hydrogen-bond donors (Lipinski definition) is 2. The molecule has 8 nitrogen and oxygen atoms in total. The van der Waals surface area contributed by atoms with Crippen molar-refractivity contribution in [2.75, 3.05) is 5.75 Å². The average molecular weight is 445 g/mol. The Kier molecular flexibility index (Phi) is 5.71. The number of hydrogen-bond acceptors (Lipinski definition) is 6. The summed E-state index contributed by atoms with van der Waals surface area (Å²) in [6, 6.07) is 21.5. The number of nitrogens with one attached hydrogen (secondary N) is 2. The Hall–Kier alpha value is -3.85. The number of aromatic amines is 1. The Bertz CT molecular complexity index is 1290. The number of carbonyl (C=O) groups is 1. The second-order valence-corrected chi connectivity index (χ2v) is 8.06. The van der Waals surface area contributed by atoms with Crippen molar-refractivity contribution >= 4 is 28.7 Å². The molecule has 1 amide bonds. The van der Waals surface area contributed by atoms with Crippen LogP contribution in [0.25, 0.3) is 22.6 Å². The third-order valence-electron chi connectivity index (χ3n) is 4.87. The number of aromatic nitrogens is 5. The molecule has 0 fully saturated rings. The predicted octanol–water partition coefficient (Wildman–Crippen LogP) is 3.87. The van der Waals surface area contributed by atoms with Crippen LogP contribution in [-0.2, 0) is 17.9 Å². The summed E-state index contributed by atoms with van der Waals surface area (Å²) < 4.78 is 7.49. The van der Waals surface area contributed by atoms with Crippen molar-refractivity contribution in [3.8, 4) is 11.6 Å². The number of para-hydroxylation sites is 2. The van der Waals surface area contributed by atoms with Crippen molar-refractivity contribution in [1.82, 2.24) is 30.0 Å². The SMILES string of the molecule is O=C(CSc1nnc(-c2ccco2)n1Cc1ccccc1)NCc1nc2ccccc2[nH]1. The molecule has 32 heavy (non-hydrogen) atoms. The van der Waals surface area contributed by atoms with Crippen LogP contribution >= 0.6 is 11.8 Å². The second-order valence-electron chi connectivity index (χ2n) is 7.12. The molecule has 0 aliphatic heterocycles. The number of fused-ring (bicyclic) bond motifs is 1. The second kappa shape index (κ2) is 9.11. The third-order valence-corrected chi connectivity index (χ3v) is 5.83. The van der Waals surface area contributed by atoms with Gasteiger partial charge in [-0.1, -0.05) is 54.2 Å². The van der Waals surface area contributed by atoms with Crippen LogP contribution in [-0.4, -0.2) is 36.4 Å². The van der Waals surface area contributed by atoms with Gasteiger partial charge in [0.1, 0.15) is 5.82 Å². The molecular formula is C23H20N6O2S. The predicted molar refractivity (Wildman–Crippen MR) is 122 cm³/mol. The molecule has 0 atom stereocenters. The van der Waals surface area contributed by atoms with Gasteiger partial charge in [-0.2, -0.15) is 0 Å². The van der Waals surface area contributed by atoms with Gasteiger partial charge >= 0.3 is 0 Å². The van der Waals surface area contributed by atoms with Gasteiger partial charge in [-0.3, -0.25) is 9.36 Å². The Morgan fingerprint density at radius 3 is 2.69 bits per heavy atom. The summed E-state index contributed by atoms with van der Waals surface area (Å²) in [5.74, 6) is 2.09. The van der Waals surface area contributed by atoms with E-state index in [1.54, 1.807) is 6.26 Å². The highest BCUT2D eigenvalue weighted by Crippen LogP contribution is 2.25. The van der Waals surface area contributed by atoms with E-state index >= 15 is 0 Å². The summed E-state index contributed by atoms with van der Waals surface area (Å²) in [4.78, 5) is 20.2. The van der Waals surface area contributed by atoms with Crippen molar-refractivity contribution in [1.29, 1.82) is 0 Å². The van der Waals surface area contributed by atoms with Crippen molar-refractivity contribution < 1.29 is 9.21 Å². The summed E-state index contributed by atoms with van der Waals surface area (Å²) in [5, 5.41) is 12.2. The lowest BCUT2D eigenvalue weighted by Gasteiger charge is -2.09. The van der Waals surface area contributed by atoms with Crippen LogP contribution in [0.5, 0.6) is 0 Å². The van der Waals surface area contributed by atoms with Crippen molar-refractivity contribution in [2.45, 2.75) is 18.2 Å². The first-order chi connectivity index (χ1) is 15.8. The van der Waals surface area contributed by atoms with Crippen LogP contribution in [0.15, 0.2) is 82.6 Å². The van der Waals surface area contributed by atoms with Gasteiger partial charge in [0.2, 0.25) is 11.7 Å². The Labute approximate surface area is 188 Å². The molecular weight excluding hydrogens is 424 g/mol. The minimum atomic E-state index is -0.107. The molecule has 2 N–H and O–H groups in total. The van der Waals surface area contributed by atoms with Gasteiger partial charge in [0.15, 0.2) is 10.9 Å². The Balaban J connectivity index is 1.26. The fourth-order valence-electron chi connectivity index (χ4n) is 3.34. The third kappa shape index (κ3) is 4.42. The molecule has 5 aromatic rings. The molecule has 5 rings (SSSR count). The Morgan fingerprint density at radius 2 is 1.88 bits per heavy atom. The monoisotopic (exact) mass is 444 g/mol. The molecule has 0 radical (unpaired) electrons. The van der Waals surface area contributed by atoms with E-state index in [2.05, 4.69) is 25.5 Å².